The molecule has 2 aromatic rings. The monoisotopic (exact) mass is 564 g/mol. The van der Waals surface area contributed by atoms with Crippen LogP contribution in [-0.2, 0) is 14.3 Å². The highest BCUT2D eigenvalue weighted by Crippen LogP contribution is 2.49. The summed E-state index contributed by atoms with van der Waals surface area (Å²) in [5.41, 5.74) is 0.412. The molecule has 0 aliphatic carbocycles. The standard InChI is InChI=1S/C31H40N4O6/c1-6-30(7-2)15-25(36)35(29(32)34-30)27-22-14-20(12-13-24(22)41-31(27,17-38-4)18-39-5)28(37)33-26-19(3)16-40-23-11-9-8-10-21(23)26/h8-14,19,26-27H,6-7,15-18H2,1-5H3,(H2,32,34)(H,33,37)/t19-,26-,27?/m0/s1. The summed E-state index contributed by atoms with van der Waals surface area (Å²) in [6.45, 7) is 6.81. The molecule has 3 heterocycles. The zero-order chi connectivity index (χ0) is 29.4. The average molecular weight is 565 g/mol. The van der Waals surface area contributed by atoms with Gasteiger partial charge in [0, 0.05) is 42.4 Å². The number of rotatable bonds is 9. The van der Waals surface area contributed by atoms with Crippen LogP contribution in [0.3, 0.4) is 0 Å². The molecule has 10 heteroatoms. The van der Waals surface area contributed by atoms with Crippen molar-refractivity contribution in [2.24, 2.45) is 5.92 Å². The third-order valence-corrected chi connectivity index (χ3v) is 8.76. The van der Waals surface area contributed by atoms with Crippen molar-refractivity contribution in [3.63, 3.8) is 0 Å². The first-order chi connectivity index (χ1) is 19.7. The number of amides is 2. The summed E-state index contributed by atoms with van der Waals surface area (Å²) in [5, 5.41) is 15.5. The fraction of sp³-hybridized carbons (Fsp3) is 0.516. The van der Waals surface area contributed by atoms with Gasteiger partial charge in [0.2, 0.25) is 5.91 Å². The van der Waals surface area contributed by atoms with E-state index < -0.39 is 17.2 Å². The number of carbonyl (C=O) groups is 2. The number of hydrogen-bond donors (Lipinski definition) is 3. The Labute approximate surface area is 241 Å². The van der Waals surface area contributed by atoms with E-state index in [1.54, 1.807) is 32.4 Å². The average Bonchev–Trinajstić information content (AvgIpc) is 3.26. The quantitative estimate of drug-likeness (QED) is 0.421. The first kappa shape index (κ1) is 28.9. The minimum atomic E-state index is -1.11. The summed E-state index contributed by atoms with van der Waals surface area (Å²) < 4.78 is 23.5. The van der Waals surface area contributed by atoms with Gasteiger partial charge in [-0.15, -0.1) is 0 Å². The van der Waals surface area contributed by atoms with E-state index in [1.165, 1.54) is 4.90 Å². The van der Waals surface area contributed by atoms with E-state index in [9.17, 15) is 9.59 Å². The van der Waals surface area contributed by atoms with Crippen LogP contribution in [-0.4, -0.2) is 67.9 Å². The van der Waals surface area contributed by atoms with Gasteiger partial charge < -0.3 is 29.6 Å². The molecule has 3 aliphatic heterocycles. The smallest absolute Gasteiger partial charge is 0.251 e. The molecule has 0 spiro atoms. The van der Waals surface area contributed by atoms with Crippen LogP contribution in [0.25, 0.3) is 0 Å². The number of benzene rings is 2. The molecular weight excluding hydrogens is 524 g/mol. The second-order valence-electron chi connectivity index (χ2n) is 11.4. The van der Waals surface area contributed by atoms with Crippen LogP contribution in [0.2, 0.25) is 0 Å². The Morgan fingerprint density at radius 3 is 2.46 bits per heavy atom. The number of para-hydroxylation sites is 1. The maximum atomic E-state index is 13.8. The zero-order valence-electron chi connectivity index (χ0n) is 24.4. The van der Waals surface area contributed by atoms with Gasteiger partial charge in [-0.05, 0) is 37.1 Å². The summed E-state index contributed by atoms with van der Waals surface area (Å²) in [5.74, 6) is 0.944. The minimum absolute atomic E-state index is 0.00507. The van der Waals surface area contributed by atoms with Crippen LogP contribution in [0.5, 0.6) is 11.5 Å². The predicted octanol–water partition coefficient (Wildman–Crippen LogP) is 3.97. The number of carbonyl (C=O) groups excluding carboxylic acids is 2. The van der Waals surface area contributed by atoms with Crippen molar-refractivity contribution < 1.29 is 28.5 Å². The van der Waals surface area contributed by atoms with Gasteiger partial charge in [0.15, 0.2) is 11.6 Å². The van der Waals surface area contributed by atoms with Gasteiger partial charge in [-0.2, -0.15) is 0 Å². The summed E-state index contributed by atoms with van der Waals surface area (Å²) in [6, 6.07) is 12.0. The van der Waals surface area contributed by atoms with Crippen LogP contribution in [0.1, 0.15) is 73.6 Å². The number of hydrogen-bond acceptors (Lipinski definition) is 7. The molecule has 3 atom stereocenters. The first-order valence-corrected chi connectivity index (χ1v) is 14.2. The lowest BCUT2D eigenvalue weighted by Gasteiger charge is -2.47. The molecule has 0 aromatic heterocycles. The predicted molar refractivity (Wildman–Crippen MR) is 153 cm³/mol. The van der Waals surface area contributed by atoms with Crippen molar-refractivity contribution in [2.45, 2.75) is 63.3 Å². The molecule has 41 heavy (non-hydrogen) atoms. The Hall–Kier alpha value is -3.63. The molecule has 10 nitrogen and oxygen atoms in total. The molecule has 0 radical (unpaired) electrons. The Morgan fingerprint density at radius 2 is 1.80 bits per heavy atom. The second-order valence-corrected chi connectivity index (χ2v) is 11.4. The highest BCUT2D eigenvalue weighted by atomic mass is 16.6. The van der Waals surface area contributed by atoms with E-state index >= 15 is 0 Å². The molecule has 0 saturated carbocycles. The first-order valence-electron chi connectivity index (χ1n) is 14.2. The highest BCUT2D eigenvalue weighted by Gasteiger charge is 2.56. The second kappa shape index (κ2) is 11.3. The molecule has 2 amide bonds. The lowest BCUT2D eigenvalue weighted by Crippen LogP contribution is -2.66. The van der Waals surface area contributed by atoms with Crippen molar-refractivity contribution in [3.8, 4) is 11.5 Å². The number of nitrogens with one attached hydrogen (secondary N) is 3. The Bertz CT molecular complexity index is 1300. The number of methoxy groups -OCH3 is 2. The molecule has 1 unspecified atom stereocenters. The third kappa shape index (κ3) is 5.04. The van der Waals surface area contributed by atoms with Crippen LogP contribution < -0.4 is 20.1 Å². The van der Waals surface area contributed by atoms with Crippen molar-refractivity contribution in [1.82, 2.24) is 15.5 Å². The fourth-order valence-corrected chi connectivity index (χ4v) is 6.42. The van der Waals surface area contributed by atoms with E-state index in [1.807, 2.05) is 45.0 Å². The molecule has 1 fully saturated rings. The summed E-state index contributed by atoms with van der Waals surface area (Å²) in [4.78, 5) is 28.9. The summed E-state index contributed by atoms with van der Waals surface area (Å²) >= 11 is 0. The molecule has 3 N–H and O–H groups in total. The largest absolute Gasteiger partial charge is 0.493 e. The Kier molecular flexibility index (Phi) is 7.98. The van der Waals surface area contributed by atoms with Crippen LogP contribution >= 0.6 is 0 Å². The van der Waals surface area contributed by atoms with E-state index in [2.05, 4.69) is 10.6 Å². The topological polar surface area (TPSA) is 122 Å². The SMILES string of the molecule is CCC1(CC)CC(=O)N(C2c3cc(C(=O)N[C@@H]4c5ccccc5OC[C@@H]4C)ccc3OC2(COC)COC)C(=N)N1. The lowest BCUT2D eigenvalue weighted by atomic mass is 9.84. The van der Waals surface area contributed by atoms with Gasteiger partial charge >= 0.3 is 0 Å². The van der Waals surface area contributed by atoms with Gasteiger partial charge in [-0.25, -0.2) is 0 Å². The van der Waals surface area contributed by atoms with E-state index in [0.717, 1.165) is 11.3 Å². The number of ether oxygens (including phenoxy) is 4. The van der Waals surface area contributed by atoms with E-state index in [4.69, 9.17) is 24.4 Å². The van der Waals surface area contributed by atoms with Crippen LogP contribution in [0.4, 0.5) is 0 Å². The molecule has 220 valence electrons. The molecule has 2 aromatic carbocycles. The van der Waals surface area contributed by atoms with Gasteiger partial charge in [0.25, 0.3) is 5.91 Å². The fourth-order valence-electron chi connectivity index (χ4n) is 6.42. The van der Waals surface area contributed by atoms with Gasteiger partial charge in [0.1, 0.15) is 17.5 Å². The van der Waals surface area contributed by atoms with Crippen molar-refractivity contribution in [3.05, 3.63) is 59.2 Å². The minimum Gasteiger partial charge on any atom is -0.493 e. The summed E-state index contributed by atoms with van der Waals surface area (Å²) in [7, 11) is 3.13. The van der Waals surface area contributed by atoms with Crippen molar-refractivity contribution in [1.29, 1.82) is 5.41 Å². The Morgan fingerprint density at radius 1 is 1.10 bits per heavy atom. The molecule has 0 bridgehead atoms. The maximum Gasteiger partial charge on any atom is 0.251 e. The zero-order valence-corrected chi connectivity index (χ0v) is 24.4. The van der Waals surface area contributed by atoms with Gasteiger partial charge in [-0.1, -0.05) is 39.0 Å². The van der Waals surface area contributed by atoms with Gasteiger partial charge in [0.05, 0.1) is 32.3 Å². The lowest BCUT2D eigenvalue weighted by molar-refractivity contribution is -0.141. The number of fused-ring (bicyclic) bond motifs is 2. The van der Waals surface area contributed by atoms with E-state index in [0.29, 0.717) is 36.3 Å². The molecule has 3 aliphatic rings. The molecule has 5 rings (SSSR count). The van der Waals surface area contributed by atoms with Gasteiger partial charge in [-0.3, -0.25) is 19.9 Å². The third-order valence-electron chi connectivity index (χ3n) is 8.76. The van der Waals surface area contributed by atoms with Crippen LogP contribution in [0.15, 0.2) is 42.5 Å². The van der Waals surface area contributed by atoms with E-state index in [-0.39, 0.29) is 49.4 Å². The van der Waals surface area contributed by atoms with Crippen LogP contribution in [0, 0.1) is 11.3 Å². The highest BCUT2D eigenvalue weighted by molar-refractivity contribution is 6.00. The van der Waals surface area contributed by atoms with Crippen molar-refractivity contribution in [2.75, 3.05) is 34.0 Å². The molecular formula is C31H40N4O6. The number of guanidine groups is 1. The Balaban J connectivity index is 1.51. The van der Waals surface area contributed by atoms with Crippen molar-refractivity contribution >= 4 is 17.8 Å². The summed E-state index contributed by atoms with van der Waals surface area (Å²) in [6.07, 6.45) is 1.66. The number of nitrogens with zero attached hydrogens (tertiary/aromatic N) is 1. The molecule has 1 saturated heterocycles. The normalized spacial score (nSPS) is 24.0. The maximum absolute atomic E-state index is 13.8.